The number of hydrogen-bond donors (Lipinski definition) is 0. The Hall–Kier alpha value is -1.59. The fourth-order valence-electron chi connectivity index (χ4n) is 2.76. The second-order valence-electron chi connectivity index (χ2n) is 6.08. The van der Waals surface area contributed by atoms with Gasteiger partial charge >= 0.3 is 0 Å². The lowest BCUT2D eigenvalue weighted by molar-refractivity contribution is -0.137. The van der Waals surface area contributed by atoms with E-state index in [-0.39, 0.29) is 11.9 Å². The van der Waals surface area contributed by atoms with Gasteiger partial charge in [0.2, 0.25) is 5.91 Å². The molecule has 1 aliphatic rings. The van der Waals surface area contributed by atoms with Crippen LogP contribution in [0.15, 0.2) is 30.3 Å². The van der Waals surface area contributed by atoms with E-state index in [2.05, 4.69) is 16.7 Å². The molecule has 2 rings (SSSR count). The summed E-state index contributed by atoms with van der Waals surface area (Å²) < 4.78 is 5.71. The number of para-hydroxylation sites is 1. The van der Waals surface area contributed by atoms with Gasteiger partial charge in [-0.15, -0.1) is 0 Å². The number of amides is 1. The quantitative estimate of drug-likeness (QED) is 0.764. The van der Waals surface area contributed by atoms with Crippen LogP contribution in [0.3, 0.4) is 0 Å². The number of rotatable bonds is 7. The Bertz CT molecular complexity index is 472. The molecule has 1 fully saturated rings. The van der Waals surface area contributed by atoms with Gasteiger partial charge in [0.25, 0.3) is 0 Å². The van der Waals surface area contributed by atoms with Gasteiger partial charge in [-0.2, -0.15) is 0 Å². The van der Waals surface area contributed by atoms with Crippen LogP contribution < -0.4 is 4.74 Å². The standard InChI is InChI=1S/C18H29N3O2/c1-4-20-10-12-21(13-11-20)18(22)16(2)19(3)14-15-23-17-8-6-5-7-9-17/h5-9,16H,4,10-15H2,1-3H3. The Kier molecular flexibility index (Phi) is 6.86. The SMILES string of the molecule is CCN1CCN(C(=O)C(C)N(C)CCOc2ccccc2)CC1. The van der Waals surface area contributed by atoms with Crippen LogP contribution in [0.1, 0.15) is 13.8 Å². The van der Waals surface area contributed by atoms with E-state index in [0.717, 1.165) is 45.0 Å². The van der Waals surface area contributed by atoms with E-state index >= 15 is 0 Å². The van der Waals surface area contributed by atoms with Crippen LogP contribution in [-0.2, 0) is 4.79 Å². The van der Waals surface area contributed by atoms with E-state index < -0.39 is 0 Å². The van der Waals surface area contributed by atoms with Crippen molar-refractivity contribution in [3.05, 3.63) is 30.3 Å². The first-order chi connectivity index (χ1) is 11.1. The smallest absolute Gasteiger partial charge is 0.239 e. The summed E-state index contributed by atoms with van der Waals surface area (Å²) >= 11 is 0. The molecule has 0 aromatic heterocycles. The highest BCUT2D eigenvalue weighted by Crippen LogP contribution is 2.09. The molecule has 1 amide bonds. The van der Waals surface area contributed by atoms with Gasteiger partial charge in [0.15, 0.2) is 0 Å². The molecule has 1 aromatic rings. The summed E-state index contributed by atoms with van der Waals surface area (Å²) in [5.74, 6) is 1.10. The molecule has 0 N–H and O–H groups in total. The van der Waals surface area contributed by atoms with Gasteiger partial charge < -0.3 is 14.5 Å². The minimum absolute atomic E-state index is 0.109. The highest BCUT2D eigenvalue weighted by Gasteiger charge is 2.26. The number of likely N-dealkylation sites (N-methyl/N-ethyl adjacent to an activating group) is 2. The molecule has 1 aromatic carbocycles. The Morgan fingerprint density at radius 2 is 1.87 bits per heavy atom. The lowest BCUT2D eigenvalue weighted by Crippen LogP contribution is -2.53. The van der Waals surface area contributed by atoms with Crippen molar-refractivity contribution in [2.24, 2.45) is 0 Å². The first-order valence-electron chi connectivity index (χ1n) is 8.51. The van der Waals surface area contributed by atoms with E-state index in [0.29, 0.717) is 6.61 Å². The highest BCUT2D eigenvalue weighted by atomic mass is 16.5. The van der Waals surface area contributed by atoms with Crippen molar-refractivity contribution < 1.29 is 9.53 Å². The van der Waals surface area contributed by atoms with E-state index in [1.807, 2.05) is 49.2 Å². The van der Waals surface area contributed by atoms with Crippen LogP contribution in [-0.4, -0.2) is 79.6 Å². The number of piperazine rings is 1. The first-order valence-corrected chi connectivity index (χ1v) is 8.51. The highest BCUT2D eigenvalue weighted by molar-refractivity contribution is 5.81. The van der Waals surface area contributed by atoms with E-state index in [1.54, 1.807) is 0 Å². The van der Waals surface area contributed by atoms with Gasteiger partial charge in [0, 0.05) is 32.7 Å². The molecular formula is C18H29N3O2. The summed E-state index contributed by atoms with van der Waals surface area (Å²) in [6.07, 6.45) is 0. The predicted octanol–water partition coefficient (Wildman–Crippen LogP) is 1.55. The van der Waals surface area contributed by atoms with Gasteiger partial charge in [0.05, 0.1) is 6.04 Å². The van der Waals surface area contributed by atoms with Crippen molar-refractivity contribution in [1.82, 2.24) is 14.7 Å². The van der Waals surface area contributed by atoms with Crippen molar-refractivity contribution in [1.29, 1.82) is 0 Å². The minimum Gasteiger partial charge on any atom is -0.492 e. The van der Waals surface area contributed by atoms with E-state index in [9.17, 15) is 4.79 Å². The number of hydrogen-bond acceptors (Lipinski definition) is 4. The maximum atomic E-state index is 12.6. The van der Waals surface area contributed by atoms with E-state index in [1.165, 1.54) is 0 Å². The lowest BCUT2D eigenvalue weighted by atomic mass is 10.2. The van der Waals surface area contributed by atoms with Crippen LogP contribution in [0.25, 0.3) is 0 Å². The zero-order valence-electron chi connectivity index (χ0n) is 14.6. The van der Waals surface area contributed by atoms with Crippen molar-refractivity contribution in [2.45, 2.75) is 19.9 Å². The molecule has 128 valence electrons. The molecule has 1 saturated heterocycles. The number of benzene rings is 1. The Labute approximate surface area is 139 Å². The second kappa shape index (κ2) is 8.89. The van der Waals surface area contributed by atoms with Crippen molar-refractivity contribution >= 4 is 5.91 Å². The van der Waals surface area contributed by atoms with Gasteiger partial charge in [0.1, 0.15) is 12.4 Å². The predicted molar refractivity (Wildman–Crippen MR) is 92.7 cm³/mol. The molecular weight excluding hydrogens is 290 g/mol. The van der Waals surface area contributed by atoms with Crippen LogP contribution >= 0.6 is 0 Å². The fourth-order valence-corrected chi connectivity index (χ4v) is 2.76. The third kappa shape index (κ3) is 5.22. The summed E-state index contributed by atoms with van der Waals surface area (Å²) in [7, 11) is 1.99. The van der Waals surface area contributed by atoms with Gasteiger partial charge in [-0.25, -0.2) is 0 Å². The minimum atomic E-state index is -0.109. The zero-order chi connectivity index (χ0) is 16.7. The molecule has 1 aliphatic heterocycles. The third-order valence-corrected chi connectivity index (χ3v) is 4.61. The summed E-state index contributed by atoms with van der Waals surface area (Å²) in [6, 6.07) is 9.67. The number of ether oxygens (including phenoxy) is 1. The molecule has 0 radical (unpaired) electrons. The third-order valence-electron chi connectivity index (χ3n) is 4.61. The molecule has 0 bridgehead atoms. The summed E-state index contributed by atoms with van der Waals surface area (Å²) in [6.45, 7) is 10.2. The van der Waals surface area contributed by atoms with Crippen LogP contribution in [0.4, 0.5) is 0 Å². The average molecular weight is 319 g/mol. The summed E-state index contributed by atoms with van der Waals surface area (Å²) in [5.41, 5.74) is 0. The Balaban J connectivity index is 1.73. The van der Waals surface area contributed by atoms with Crippen LogP contribution in [0.2, 0.25) is 0 Å². The Morgan fingerprint density at radius 1 is 1.22 bits per heavy atom. The first kappa shape index (κ1) is 17.8. The van der Waals surface area contributed by atoms with Crippen molar-refractivity contribution in [3.8, 4) is 5.75 Å². The van der Waals surface area contributed by atoms with Gasteiger partial charge in [-0.1, -0.05) is 25.1 Å². The van der Waals surface area contributed by atoms with E-state index in [4.69, 9.17) is 4.74 Å². The van der Waals surface area contributed by atoms with Crippen LogP contribution in [0, 0.1) is 0 Å². The van der Waals surface area contributed by atoms with Crippen molar-refractivity contribution in [3.63, 3.8) is 0 Å². The van der Waals surface area contributed by atoms with Crippen LogP contribution in [0.5, 0.6) is 5.75 Å². The number of carbonyl (C=O) groups excluding carboxylic acids is 1. The summed E-state index contributed by atoms with van der Waals surface area (Å²) in [5, 5.41) is 0. The molecule has 1 heterocycles. The average Bonchev–Trinajstić information content (AvgIpc) is 2.61. The zero-order valence-corrected chi connectivity index (χ0v) is 14.6. The fraction of sp³-hybridized carbons (Fsp3) is 0.611. The topological polar surface area (TPSA) is 36.0 Å². The molecule has 0 aliphatic carbocycles. The molecule has 23 heavy (non-hydrogen) atoms. The largest absolute Gasteiger partial charge is 0.492 e. The molecule has 5 heteroatoms. The molecule has 1 atom stereocenters. The molecule has 5 nitrogen and oxygen atoms in total. The van der Waals surface area contributed by atoms with Gasteiger partial charge in [-0.3, -0.25) is 9.69 Å². The lowest BCUT2D eigenvalue weighted by Gasteiger charge is -2.37. The van der Waals surface area contributed by atoms with Gasteiger partial charge in [-0.05, 0) is 32.6 Å². The second-order valence-corrected chi connectivity index (χ2v) is 6.08. The summed E-state index contributed by atoms with van der Waals surface area (Å²) in [4.78, 5) is 19.0. The molecule has 0 saturated carbocycles. The maximum Gasteiger partial charge on any atom is 0.239 e. The molecule has 0 spiro atoms. The van der Waals surface area contributed by atoms with Crippen molar-refractivity contribution in [2.75, 3.05) is 52.9 Å². The number of carbonyl (C=O) groups is 1. The normalized spacial score (nSPS) is 17.3. The Morgan fingerprint density at radius 3 is 2.48 bits per heavy atom. The monoisotopic (exact) mass is 319 g/mol. The number of nitrogens with zero attached hydrogens (tertiary/aromatic N) is 3. The maximum absolute atomic E-state index is 12.6. The molecule has 1 unspecified atom stereocenters.